The molecule has 0 radical (unpaired) electrons. The minimum Gasteiger partial charge on any atom is -0.384 e. The summed E-state index contributed by atoms with van der Waals surface area (Å²) in [6.07, 6.45) is -0.624. The molecule has 1 atom stereocenters. The third-order valence-corrected chi connectivity index (χ3v) is 4.66. The zero-order chi connectivity index (χ0) is 17.3. The van der Waals surface area contributed by atoms with Crippen molar-refractivity contribution in [1.29, 1.82) is 0 Å². The first kappa shape index (κ1) is 16.5. The molecule has 1 aliphatic rings. The molecular formula is C18H23N3O3. The predicted octanol–water partition coefficient (Wildman–Crippen LogP) is 1.07. The molecule has 1 unspecified atom stereocenters. The first-order chi connectivity index (χ1) is 11.5. The van der Waals surface area contributed by atoms with E-state index in [4.69, 9.17) is 0 Å². The van der Waals surface area contributed by atoms with Gasteiger partial charge in [-0.15, -0.1) is 0 Å². The highest BCUT2D eigenvalue weighted by molar-refractivity contribution is 5.90. The number of aryl methyl sites for hydroxylation is 1. The van der Waals surface area contributed by atoms with Gasteiger partial charge in [-0.3, -0.25) is 9.59 Å². The molecule has 6 nitrogen and oxygen atoms in total. The molecule has 128 valence electrons. The number of hydrogen-bond acceptors (Lipinski definition) is 3. The van der Waals surface area contributed by atoms with Crippen LogP contribution in [0.5, 0.6) is 0 Å². The average molecular weight is 329 g/mol. The Labute approximate surface area is 141 Å². The third kappa shape index (κ3) is 3.14. The van der Waals surface area contributed by atoms with Crippen molar-refractivity contribution in [3.63, 3.8) is 0 Å². The smallest absolute Gasteiger partial charge is 0.251 e. The van der Waals surface area contributed by atoms with Gasteiger partial charge in [0.25, 0.3) is 5.91 Å². The van der Waals surface area contributed by atoms with Crippen LogP contribution in [-0.2, 0) is 16.0 Å². The lowest BCUT2D eigenvalue weighted by Crippen LogP contribution is -2.52. The minimum absolute atomic E-state index is 0.0759. The Balaban J connectivity index is 1.66. The van der Waals surface area contributed by atoms with Crippen molar-refractivity contribution in [2.45, 2.75) is 26.4 Å². The van der Waals surface area contributed by atoms with Crippen LogP contribution < -0.4 is 0 Å². The van der Waals surface area contributed by atoms with E-state index >= 15 is 0 Å². The van der Waals surface area contributed by atoms with Crippen LogP contribution in [0.2, 0.25) is 0 Å². The maximum absolute atomic E-state index is 12.6. The monoisotopic (exact) mass is 329 g/mol. The molecule has 6 heteroatoms. The minimum atomic E-state index is -0.985. The number of aromatic amines is 1. The van der Waals surface area contributed by atoms with Gasteiger partial charge >= 0.3 is 0 Å². The number of rotatable bonds is 3. The Morgan fingerprint density at radius 3 is 2.46 bits per heavy atom. The van der Waals surface area contributed by atoms with Gasteiger partial charge in [-0.1, -0.05) is 18.2 Å². The standard InChI is InChI=1S/C18H23N3O3/c1-12-15(14-5-3-4-6-16(14)19-12)11-17(23)20-7-9-21(10-8-20)18(24)13(2)22/h3-6,13,19,22H,7-11H2,1-2H3. The van der Waals surface area contributed by atoms with Gasteiger partial charge < -0.3 is 19.9 Å². The number of H-pyrrole nitrogens is 1. The third-order valence-electron chi connectivity index (χ3n) is 4.66. The Bertz CT molecular complexity index is 758. The zero-order valence-electron chi connectivity index (χ0n) is 14.1. The molecule has 0 spiro atoms. The summed E-state index contributed by atoms with van der Waals surface area (Å²) in [7, 11) is 0. The predicted molar refractivity (Wildman–Crippen MR) is 91.6 cm³/mol. The van der Waals surface area contributed by atoms with Crippen molar-refractivity contribution in [1.82, 2.24) is 14.8 Å². The van der Waals surface area contributed by atoms with Crippen molar-refractivity contribution in [2.24, 2.45) is 0 Å². The lowest BCUT2D eigenvalue weighted by Gasteiger charge is -2.35. The van der Waals surface area contributed by atoms with E-state index in [0.717, 1.165) is 22.2 Å². The molecule has 1 fully saturated rings. The van der Waals surface area contributed by atoms with E-state index in [9.17, 15) is 14.7 Å². The van der Waals surface area contributed by atoms with Crippen molar-refractivity contribution >= 4 is 22.7 Å². The summed E-state index contributed by atoms with van der Waals surface area (Å²) in [5.41, 5.74) is 3.11. The lowest BCUT2D eigenvalue weighted by atomic mass is 10.1. The van der Waals surface area contributed by atoms with Crippen LogP contribution in [-0.4, -0.2) is 64.0 Å². The van der Waals surface area contributed by atoms with Crippen molar-refractivity contribution < 1.29 is 14.7 Å². The van der Waals surface area contributed by atoms with Gasteiger partial charge in [-0.25, -0.2) is 0 Å². The van der Waals surface area contributed by atoms with Gasteiger partial charge in [0.05, 0.1) is 6.42 Å². The van der Waals surface area contributed by atoms with Crippen LogP contribution in [0.15, 0.2) is 24.3 Å². The Hall–Kier alpha value is -2.34. The van der Waals surface area contributed by atoms with E-state index in [-0.39, 0.29) is 11.8 Å². The number of fused-ring (bicyclic) bond motifs is 1. The number of hydrogen-bond donors (Lipinski definition) is 2. The molecule has 0 bridgehead atoms. The molecule has 2 aromatic rings. The number of nitrogens with zero attached hydrogens (tertiary/aromatic N) is 2. The van der Waals surface area contributed by atoms with Gasteiger partial charge in [0.15, 0.2) is 0 Å². The molecule has 2 amide bonds. The van der Waals surface area contributed by atoms with E-state index in [1.807, 2.05) is 31.2 Å². The molecule has 1 aromatic carbocycles. The molecule has 1 aromatic heterocycles. The fourth-order valence-electron chi connectivity index (χ4n) is 3.27. The number of carbonyl (C=O) groups excluding carboxylic acids is 2. The molecule has 2 N–H and O–H groups in total. The van der Waals surface area contributed by atoms with Gasteiger partial charge in [0.1, 0.15) is 6.10 Å². The lowest BCUT2D eigenvalue weighted by molar-refractivity contribution is -0.144. The summed E-state index contributed by atoms with van der Waals surface area (Å²) in [5.74, 6) is -0.193. The zero-order valence-corrected chi connectivity index (χ0v) is 14.1. The van der Waals surface area contributed by atoms with Gasteiger partial charge in [-0.05, 0) is 25.5 Å². The number of piperazine rings is 1. The summed E-state index contributed by atoms with van der Waals surface area (Å²) < 4.78 is 0. The highest BCUT2D eigenvalue weighted by atomic mass is 16.3. The van der Waals surface area contributed by atoms with Crippen molar-refractivity contribution in [2.75, 3.05) is 26.2 Å². The van der Waals surface area contributed by atoms with Crippen molar-refractivity contribution in [3.05, 3.63) is 35.5 Å². The van der Waals surface area contributed by atoms with Gasteiger partial charge in [0.2, 0.25) is 5.91 Å². The summed E-state index contributed by atoms with van der Waals surface area (Å²) in [4.78, 5) is 31.2. The number of para-hydroxylation sites is 1. The topological polar surface area (TPSA) is 76.6 Å². The second-order valence-corrected chi connectivity index (χ2v) is 6.33. The number of aliphatic hydroxyl groups excluding tert-OH is 1. The van der Waals surface area contributed by atoms with Crippen LogP contribution >= 0.6 is 0 Å². The summed E-state index contributed by atoms with van der Waals surface area (Å²) in [5, 5.41) is 10.5. The fourth-order valence-corrected chi connectivity index (χ4v) is 3.27. The van der Waals surface area contributed by atoms with E-state index in [1.165, 1.54) is 6.92 Å². The van der Waals surface area contributed by atoms with E-state index in [0.29, 0.717) is 32.6 Å². The normalized spacial score (nSPS) is 16.5. The summed E-state index contributed by atoms with van der Waals surface area (Å²) in [6.45, 7) is 5.43. The van der Waals surface area contributed by atoms with E-state index < -0.39 is 6.10 Å². The first-order valence-corrected chi connectivity index (χ1v) is 8.28. The van der Waals surface area contributed by atoms with Gasteiger partial charge in [-0.2, -0.15) is 0 Å². The number of amides is 2. The largest absolute Gasteiger partial charge is 0.384 e. The van der Waals surface area contributed by atoms with Crippen LogP contribution in [0.3, 0.4) is 0 Å². The second kappa shape index (κ2) is 6.65. The molecule has 2 heterocycles. The highest BCUT2D eigenvalue weighted by Crippen LogP contribution is 2.23. The molecule has 24 heavy (non-hydrogen) atoms. The maximum Gasteiger partial charge on any atom is 0.251 e. The van der Waals surface area contributed by atoms with Gasteiger partial charge in [0, 0.05) is 42.8 Å². The average Bonchev–Trinajstić information content (AvgIpc) is 2.90. The van der Waals surface area contributed by atoms with Crippen LogP contribution in [0.25, 0.3) is 10.9 Å². The number of nitrogens with one attached hydrogen (secondary N) is 1. The SMILES string of the molecule is Cc1[nH]c2ccccc2c1CC(=O)N1CCN(C(=O)C(C)O)CC1. The van der Waals surface area contributed by atoms with Crippen LogP contribution in [0.4, 0.5) is 0 Å². The number of carbonyl (C=O) groups is 2. The molecule has 1 aliphatic heterocycles. The molecule has 0 aliphatic carbocycles. The molecular weight excluding hydrogens is 306 g/mol. The van der Waals surface area contributed by atoms with Crippen molar-refractivity contribution in [3.8, 4) is 0 Å². The Morgan fingerprint density at radius 2 is 1.79 bits per heavy atom. The van der Waals surface area contributed by atoms with E-state index in [2.05, 4.69) is 4.98 Å². The summed E-state index contributed by atoms with van der Waals surface area (Å²) in [6, 6.07) is 7.99. The number of aliphatic hydroxyl groups is 1. The molecule has 0 saturated carbocycles. The second-order valence-electron chi connectivity index (χ2n) is 6.33. The first-order valence-electron chi connectivity index (χ1n) is 8.28. The number of aromatic nitrogens is 1. The molecule has 3 rings (SSSR count). The van der Waals surface area contributed by atoms with Crippen LogP contribution in [0, 0.1) is 6.92 Å². The Morgan fingerprint density at radius 1 is 1.17 bits per heavy atom. The summed E-state index contributed by atoms with van der Waals surface area (Å²) >= 11 is 0. The quantitative estimate of drug-likeness (QED) is 0.884. The Kier molecular flexibility index (Phi) is 4.57. The van der Waals surface area contributed by atoms with E-state index in [1.54, 1.807) is 9.80 Å². The fraction of sp³-hybridized carbons (Fsp3) is 0.444. The number of benzene rings is 1. The molecule has 1 saturated heterocycles. The maximum atomic E-state index is 12.6. The highest BCUT2D eigenvalue weighted by Gasteiger charge is 2.26. The van der Waals surface area contributed by atoms with Crippen LogP contribution in [0.1, 0.15) is 18.2 Å².